The van der Waals surface area contributed by atoms with E-state index < -0.39 is 0 Å². The van der Waals surface area contributed by atoms with E-state index in [1.165, 1.54) is 16.5 Å². The van der Waals surface area contributed by atoms with Gasteiger partial charge >= 0.3 is 0 Å². The van der Waals surface area contributed by atoms with E-state index in [1.807, 2.05) is 23.1 Å². The SMILES string of the molecule is COc1ccc2[nH]cc(C3CCN(C(=O)C4CC(c5ccc(Br)cc5)NN4)CC3)c2c1. The Hall–Kier alpha value is -2.35. The summed E-state index contributed by atoms with van der Waals surface area (Å²) >= 11 is 3.48. The Bertz CT molecular complexity index is 1070. The molecule has 1 amide bonds. The van der Waals surface area contributed by atoms with Crippen LogP contribution in [0.15, 0.2) is 53.1 Å². The van der Waals surface area contributed by atoms with Crippen molar-refractivity contribution in [3.63, 3.8) is 0 Å². The van der Waals surface area contributed by atoms with Gasteiger partial charge in [0.1, 0.15) is 11.8 Å². The Kier molecular flexibility index (Phi) is 5.73. The molecule has 162 valence electrons. The number of H-pyrrole nitrogens is 1. The van der Waals surface area contributed by atoms with Crippen LogP contribution in [-0.2, 0) is 4.79 Å². The summed E-state index contributed by atoms with van der Waals surface area (Å²) in [6, 6.07) is 14.4. The van der Waals surface area contributed by atoms with Crippen molar-refractivity contribution >= 4 is 32.7 Å². The predicted molar refractivity (Wildman–Crippen MR) is 125 cm³/mol. The summed E-state index contributed by atoms with van der Waals surface area (Å²) in [5, 5.41) is 1.23. The number of piperidine rings is 1. The molecule has 3 N–H and O–H groups in total. The zero-order valence-corrected chi connectivity index (χ0v) is 19.1. The number of methoxy groups -OCH3 is 1. The van der Waals surface area contributed by atoms with E-state index in [9.17, 15) is 4.79 Å². The number of amides is 1. The number of benzene rings is 2. The number of ether oxygens (including phenoxy) is 1. The minimum absolute atomic E-state index is 0.154. The second-order valence-corrected chi connectivity index (χ2v) is 9.35. The number of aromatic nitrogens is 1. The van der Waals surface area contributed by atoms with Crippen molar-refractivity contribution in [2.45, 2.75) is 37.3 Å². The van der Waals surface area contributed by atoms with Crippen LogP contribution in [0.2, 0.25) is 0 Å². The van der Waals surface area contributed by atoms with Crippen molar-refractivity contribution in [1.29, 1.82) is 0 Å². The summed E-state index contributed by atoms with van der Waals surface area (Å²) in [5.74, 6) is 1.53. The number of aromatic amines is 1. The van der Waals surface area contributed by atoms with E-state index in [4.69, 9.17) is 4.74 Å². The Balaban J connectivity index is 1.21. The molecule has 3 aromatic rings. The van der Waals surface area contributed by atoms with E-state index in [0.29, 0.717) is 5.92 Å². The van der Waals surface area contributed by atoms with Crippen molar-refractivity contribution in [3.8, 4) is 5.75 Å². The summed E-state index contributed by atoms with van der Waals surface area (Å²) in [4.78, 5) is 18.5. The minimum Gasteiger partial charge on any atom is -0.497 e. The molecule has 31 heavy (non-hydrogen) atoms. The largest absolute Gasteiger partial charge is 0.497 e. The molecule has 0 bridgehead atoms. The third-order valence-electron chi connectivity index (χ3n) is 6.64. The number of likely N-dealkylation sites (tertiary alicyclic amines) is 1. The number of nitrogens with one attached hydrogen (secondary N) is 3. The van der Waals surface area contributed by atoms with Crippen LogP contribution in [0.5, 0.6) is 5.75 Å². The van der Waals surface area contributed by atoms with Gasteiger partial charge in [-0.1, -0.05) is 28.1 Å². The highest BCUT2D eigenvalue weighted by molar-refractivity contribution is 9.10. The van der Waals surface area contributed by atoms with Gasteiger partial charge < -0.3 is 14.6 Å². The number of nitrogens with zero attached hydrogens (tertiary/aromatic N) is 1. The quantitative estimate of drug-likeness (QED) is 0.519. The van der Waals surface area contributed by atoms with E-state index in [1.54, 1.807) is 7.11 Å². The zero-order chi connectivity index (χ0) is 21.4. The van der Waals surface area contributed by atoms with E-state index in [0.717, 1.165) is 48.1 Å². The smallest absolute Gasteiger partial charge is 0.241 e. The molecule has 2 fully saturated rings. The zero-order valence-electron chi connectivity index (χ0n) is 17.5. The highest BCUT2D eigenvalue weighted by Gasteiger charge is 2.34. The number of fused-ring (bicyclic) bond motifs is 1. The molecule has 7 heteroatoms. The third-order valence-corrected chi connectivity index (χ3v) is 7.17. The van der Waals surface area contributed by atoms with Crippen LogP contribution in [0, 0.1) is 0 Å². The monoisotopic (exact) mass is 482 g/mol. The number of hydrazine groups is 1. The fourth-order valence-electron chi connectivity index (χ4n) is 4.85. The molecule has 5 rings (SSSR count). The Morgan fingerprint density at radius 1 is 1.10 bits per heavy atom. The van der Waals surface area contributed by atoms with Gasteiger partial charge in [-0.3, -0.25) is 4.79 Å². The second-order valence-electron chi connectivity index (χ2n) is 8.44. The number of hydrogen-bond donors (Lipinski definition) is 3. The Morgan fingerprint density at radius 3 is 2.61 bits per heavy atom. The first-order valence-corrected chi connectivity index (χ1v) is 11.6. The lowest BCUT2D eigenvalue weighted by Crippen LogP contribution is -2.48. The van der Waals surface area contributed by atoms with Crippen molar-refractivity contribution in [1.82, 2.24) is 20.7 Å². The average Bonchev–Trinajstić information content (AvgIpc) is 3.46. The van der Waals surface area contributed by atoms with Gasteiger partial charge in [-0.15, -0.1) is 0 Å². The second kappa shape index (κ2) is 8.65. The first kappa shape index (κ1) is 20.5. The molecule has 2 aliphatic heterocycles. The van der Waals surface area contributed by atoms with Crippen molar-refractivity contribution in [2.24, 2.45) is 0 Å². The van der Waals surface area contributed by atoms with Crippen LogP contribution in [-0.4, -0.2) is 42.0 Å². The predicted octanol–water partition coefficient (Wildman–Crippen LogP) is 4.25. The topological polar surface area (TPSA) is 69.4 Å². The number of carbonyl (C=O) groups excluding carboxylic acids is 1. The van der Waals surface area contributed by atoms with Gasteiger partial charge in [0, 0.05) is 40.7 Å². The molecule has 2 saturated heterocycles. The maximum absolute atomic E-state index is 13.1. The number of rotatable bonds is 4. The minimum atomic E-state index is -0.178. The van der Waals surface area contributed by atoms with Gasteiger partial charge in [-0.05, 0) is 66.6 Å². The fourth-order valence-corrected chi connectivity index (χ4v) is 5.11. The number of carbonyl (C=O) groups is 1. The first-order valence-electron chi connectivity index (χ1n) is 10.8. The Morgan fingerprint density at radius 2 is 1.87 bits per heavy atom. The third kappa shape index (κ3) is 4.10. The normalized spacial score (nSPS) is 22.2. The molecular weight excluding hydrogens is 456 g/mol. The summed E-state index contributed by atoms with van der Waals surface area (Å²) in [6.07, 6.45) is 4.85. The molecule has 0 saturated carbocycles. The standard InChI is InChI=1S/C24H27BrN4O2/c1-31-18-6-7-21-19(12-18)20(14-26-21)15-8-10-29(11-9-15)24(30)23-13-22(27-28-23)16-2-4-17(25)5-3-16/h2-7,12,14-15,22-23,26-28H,8-11,13H2,1H3. The number of hydrogen-bond acceptors (Lipinski definition) is 4. The molecular formula is C24H27BrN4O2. The maximum atomic E-state index is 13.1. The van der Waals surface area contributed by atoms with Crippen molar-refractivity contribution in [2.75, 3.05) is 20.2 Å². The van der Waals surface area contributed by atoms with E-state index in [-0.39, 0.29) is 18.0 Å². The average molecular weight is 483 g/mol. The van der Waals surface area contributed by atoms with Crippen LogP contribution in [0.4, 0.5) is 0 Å². The summed E-state index contributed by atoms with van der Waals surface area (Å²) in [6.45, 7) is 1.59. The Labute approximate surface area is 190 Å². The van der Waals surface area contributed by atoms with Crippen LogP contribution in [0.1, 0.15) is 42.3 Å². The molecule has 2 aliphatic rings. The van der Waals surface area contributed by atoms with E-state index in [2.05, 4.69) is 62.2 Å². The van der Waals surface area contributed by atoms with Crippen LogP contribution in [0.3, 0.4) is 0 Å². The van der Waals surface area contributed by atoms with Crippen LogP contribution in [0.25, 0.3) is 10.9 Å². The maximum Gasteiger partial charge on any atom is 0.241 e. The molecule has 1 aromatic heterocycles. The highest BCUT2D eigenvalue weighted by atomic mass is 79.9. The van der Waals surface area contributed by atoms with E-state index >= 15 is 0 Å². The highest BCUT2D eigenvalue weighted by Crippen LogP contribution is 2.35. The van der Waals surface area contributed by atoms with Gasteiger partial charge in [-0.25, -0.2) is 10.9 Å². The molecule has 0 spiro atoms. The fraction of sp³-hybridized carbons (Fsp3) is 0.375. The van der Waals surface area contributed by atoms with Gasteiger partial charge in [-0.2, -0.15) is 0 Å². The lowest BCUT2D eigenvalue weighted by Gasteiger charge is -2.33. The summed E-state index contributed by atoms with van der Waals surface area (Å²) in [7, 11) is 1.70. The lowest BCUT2D eigenvalue weighted by atomic mass is 9.88. The molecule has 0 aliphatic carbocycles. The van der Waals surface area contributed by atoms with Gasteiger partial charge in [0.05, 0.1) is 7.11 Å². The van der Waals surface area contributed by atoms with Gasteiger partial charge in [0.15, 0.2) is 0 Å². The molecule has 2 unspecified atom stereocenters. The van der Waals surface area contributed by atoms with Gasteiger partial charge in [0.2, 0.25) is 5.91 Å². The molecule has 3 heterocycles. The molecule has 2 atom stereocenters. The van der Waals surface area contributed by atoms with Gasteiger partial charge in [0.25, 0.3) is 0 Å². The van der Waals surface area contributed by atoms with Crippen LogP contribution < -0.4 is 15.6 Å². The number of halogens is 1. The van der Waals surface area contributed by atoms with Crippen molar-refractivity contribution < 1.29 is 9.53 Å². The first-order chi connectivity index (χ1) is 15.1. The molecule has 2 aromatic carbocycles. The lowest BCUT2D eigenvalue weighted by molar-refractivity contribution is -0.134. The molecule has 0 radical (unpaired) electrons. The van der Waals surface area contributed by atoms with Crippen molar-refractivity contribution in [3.05, 3.63) is 64.3 Å². The van der Waals surface area contributed by atoms with Crippen LogP contribution >= 0.6 is 15.9 Å². The molecule has 6 nitrogen and oxygen atoms in total. The summed E-state index contributed by atoms with van der Waals surface area (Å²) in [5.41, 5.74) is 10.2. The summed E-state index contributed by atoms with van der Waals surface area (Å²) < 4.78 is 6.47.